The molecule has 0 amide bonds. The summed E-state index contributed by atoms with van der Waals surface area (Å²) in [7, 11) is 0. The van der Waals surface area contributed by atoms with Crippen molar-refractivity contribution in [1.82, 2.24) is 4.31 Å². The smallest absolute Gasteiger partial charge is 0.262 e. The van der Waals surface area contributed by atoms with Crippen LogP contribution >= 0.6 is 0 Å². The van der Waals surface area contributed by atoms with Crippen LogP contribution in [0.4, 0.5) is 0 Å². The average molecular weight is 224 g/mol. The minimum absolute atomic E-state index is 0.405. The Kier molecular flexibility index (Phi) is 2.75. The fraction of sp³-hybridized carbons (Fsp3) is 0.200. The Morgan fingerprint density at radius 1 is 1.33 bits per heavy atom. The fourth-order valence-corrected chi connectivity index (χ4v) is 2.23. The van der Waals surface area contributed by atoms with Crippen molar-refractivity contribution in [3.63, 3.8) is 0 Å². The molecular formula is C10H12N2O2S. The van der Waals surface area contributed by atoms with E-state index in [0.29, 0.717) is 18.8 Å². The number of nitrogens with two attached hydrogens (primary N) is 1. The Hall–Kier alpha value is -1.33. The van der Waals surface area contributed by atoms with Crippen LogP contribution in [0.15, 0.2) is 36.2 Å². The first kappa shape index (κ1) is 10.2. The molecule has 0 saturated carbocycles. The van der Waals surface area contributed by atoms with Crippen LogP contribution in [0.3, 0.4) is 0 Å². The van der Waals surface area contributed by atoms with E-state index in [9.17, 15) is 4.21 Å². The molecule has 0 bridgehead atoms. The molecule has 1 atom stereocenters. The van der Waals surface area contributed by atoms with E-state index in [1.807, 2.05) is 30.3 Å². The molecule has 1 aromatic carbocycles. The van der Waals surface area contributed by atoms with E-state index < -0.39 is 11.3 Å². The van der Waals surface area contributed by atoms with Gasteiger partial charge >= 0.3 is 0 Å². The van der Waals surface area contributed by atoms with Gasteiger partial charge in [0.05, 0.1) is 0 Å². The maximum Gasteiger partial charge on any atom is 0.262 e. The molecule has 5 heteroatoms. The van der Waals surface area contributed by atoms with E-state index in [1.54, 1.807) is 0 Å². The summed E-state index contributed by atoms with van der Waals surface area (Å²) in [5.41, 5.74) is 7.77. The van der Waals surface area contributed by atoms with Crippen LogP contribution in [-0.2, 0) is 11.3 Å². The van der Waals surface area contributed by atoms with Gasteiger partial charge in [-0.15, -0.1) is 0 Å². The van der Waals surface area contributed by atoms with E-state index in [1.165, 1.54) is 4.31 Å². The number of hydrogen-bond donors (Lipinski definition) is 2. The lowest BCUT2D eigenvalue weighted by Crippen LogP contribution is -2.26. The zero-order chi connectivity index (χ0) is 10.8. The molecule has 80 valence electrons. The van der Waals surface area contributed by atoms with Crippen LogP contribution in [-0.4, -0.2) is 19.6 Å². The third-order valence-corrected chi connectivity index (χ3v) is 3.21. The van der Waals surface area contributed by atoms with Crippen LogP contribution < -0.4 is 5.73 Å². The maximum absolute atomic E-state index is 10.9. The van der Waals surface area contributed by atoms with Crippen LogP contribution in [0.25, 0.3) is 5.57 Å². The van der Waals surface area contributed by atoms with Crippen molar-refractivity contribution in [2.45, 2.75) is 6.42 Å². The Labute approximate surface area is 90.8 Å². The minimum atomic E-state index is -2.01. The summed E-state index contributed by atoms with van der Waals surface area (Å²) in [5, 5.41) is 0. The molecule has 1 aliphatic rings. The van der Waals surface area contributed by atoms with Crippen LogP contribution in [0.1, 0.15) is 12.0 Å². The third kappa shape index (κ3) is 1.88. The monoisotopic (exact) mass is 224 g/mol. The maximum atomic E-state index is 10.9. The second-order valence-electron chi connectivity index (χ2n) is 3.31. The van der Waals surface area contributed by atoms with Crippen molar-refractivity contribution >= 4 is 16.8 Å². The number of nitrogens with zero attached hydrogens (tertiary/aromatic N) is 1. The molecule has 1 aromatic rings. The van der Waals surface area contributed by atoms with Crippen LogP contribution in [0.5, 0.6) is 0 Å². The summed E-state index contributed by atoms with van der Waals surface area (Å²) < 4.78 is 21.2. The highest BCUT2D eigenvalue weighted by Crippen LogP contribution is 2.28. The lowest BCUT2D eigenvalue weighted by molar-refractivity contribution is 0.471. The van der Waals surface area contributed by atoms with E-state index in [2.05, 4.69) is 0 Å². The summed E-state index contributed by atoms with van der Waals surface area (Å²) in [6.07, 6.45) is 0.710. The highest BCUT2D eigenvalue weighted by molar-refractivity contribution is 7.76. The zero-order valence-electron chi connectivity index (χ0n) is 8.09. The minimum Gasteiger partial charge on any atom is -0.384 e. The Morgan fingerprint density at radius 2 is 2.00 bits per heavy atom. The first-order valence-electron chi connectivity index (χ1n) is 4.62. The summed E-state index contributed by atoms with van der Waals surface area (Å²) in [6.45, 7) is 0.499. The van der Waals surface area contributed by atoms with Crippen molar-refractivity contribution in [3.05, 3.63) is 41.7 Å². The Morgan fingerprint density at radius 3 is 2.53 bits per heavy atom. The summed E-state index contributed by atoms with van der Waals surface area (Å²) in [4.78, 5) is 0. The van der Waals surface area contributed by atoms with E-state index in [4.69, 9.17) is 10.3 Å². The predicted molar refractivity (Wildman–Crippen MR) is 59.6 cm³/mol. The number of rotatable bonds is 2. The first-order chi connectivity index (χ1) is 7.20. The van der Waals surface area contributed by atoms with Crippen LogP contribution in [0, 0.1) is 0 Å². The largest absolute Gasteiger partial charge is 0.384 e. The molecule has 0 spiro atoms. The second kappa shape index (κ2) is 4.04. The van der Waals surface area contributed by atoms with Crippen molar-refractivity contribution in [2.75, 3.05) is 6.54 Å². The van der Waals surface area contributed by atoms with Gasteiger partial charge in [0.1, 0.15) is 5.82 Å². The Bertz CT molecular complexity index is 417. The van der Waals surface area contributed by atoms with E-state index in [0.717, 1.165) is 11.1 Å². The van der Waals surface area contributed by atoms with Gasteiger partial charge in [0, 0.05) is 12.1 Å². The standard InChI is InChI=1S/C10H12N2O2S/c11-10-9(6-7-12(10)15(13)14)8-4-2-1-3-5-8/h1-5H,6-7,11H2,(H,13,14). The van der Waals surface area contributed by atoms with Gasteiger partial charge in [-0.25, -0.2) is 4.21 Å². The summed E-state index contributed by atoms with van der Waals surface area (Å²) >= 11 is -2.01. The van der Waals surface area contributed by atoms with Gasteiger partial charge < -0.3 is 5.73 Å². The molecule has 4 nitrogen and oxygen atoms in total. The topological polar surface area (TPSA) is 66.6 Å². The quantitative estimate of drug-likeness (QED) is 0.741. The molecule has 0 radical (unpaired) electrons. The van der Waals surface area contributed by atoms with E-state index >= 15 is 0 Å². The summed E-state index contributed by atoms with van der Waals surface area (Å²) in [5.74, 6) is 0.405. The number of benzene rings is 1. The molecule has 0 saturated heterocycles. The highest BCUT2D eigenvalue weighted by Gasteiger charge is 2.24. The second-order valence-corrected chi connectivity index (χ2v) is 4.21. The lowest BCUT2D eigenvalue weighted by atomic mass is 10.1. The first-order valence-corrected chi connectivity index (χ1v) is 5.69. The van der Waals surface area contributed by atoms with Crippen molar-refractivity contribution < 1.29 is 8.76 Å². The zero-order valence-corrected chi connectivity index (χ0v) is 8.91. The molecule has 0 aromatic heterocycles. The SMILES string of the molecule is NC1=C(c2ccccc2)CCN1S(=O)O. The molecule has 1 heterocycles. The Balaban J connectivity index is 2.35. The lowest BCUT2D eigenvalue weighted by Gasteiger charge is -2.12. The molecule has 0 fully saturated rings. The molecular weight excluding hydrogens is 212 g/mol. The average Bonchev–Trinajstić information content (AvgIpc) is 2.61. The van der Waals surface area contributed by atoms with E-state index in [-0.39, 0.29) is 0 Å². The molecule has 15 heavy (non-hydrogen) atoms. The normalized spacial score (nSPS) is 18.3. The molecule has 2 rings (SSSR count). The van der Waals surface area contributed by atoms with Gasteiger partial charge in [0.25, 0.3) is 11.3 Å². The number of hydrogen-bond acceptors (Lipinski definition) is 2. The predicted octanol–water partition coefficient (Wildman–Crippen LogP) is 1.16. The van der Waals surface area contributed by atoms with Gasteiger partial charge in [-0.3, -0.25) is 8.86 Å². The molecule has 3 N–H and O–H groups in total. The third-order valence-electron chi connectivity index (χ3n) is 2.45. The molecule has 0 aliphatic carbocycles. The fourth-order valence-electron chi connectivity index (χ4n) is 1.71. The van der Waals surface area contributed by atoms with Gasteiger partial charge in [-0.1, -0.05) is 30.3 Å². The van der Waals surface area contributed by atoms with Gasteiger partial charge in [-0.2, -0.15) is 0 Å². The summed E-state index contributed by atoms with van der Waals surface area (Å²) in [6, 6.07) is 9.68. The van der Waals surface area contributed by atoms with Gasteiger partial charge in [0.2, 0.25) is 0 Å². The molecule has 1 unspecified atom stereocenters. The van der Waals surface area contributed by atoms with Crippen LogP contribution in [0.2, 0.25) is 0 Å². The molecule has 1 aliphatic heterocycles. The highest BCUT2D eigenvalue weighted by atomic mass is 32.2. The van der Waals surface area contributed by atoms with Crippen molar-refractivity contribution in [3.8, 4) is 0 Å². The van der Waals surface area contributed by atoms with Crippen molar-refractivity contribution in [1.29, 1.82) is 0 Å². The van der Waals surface area contributed by atoms with Gasteiger partial charge in [-0.05, 0) is 12.0 Å². The van der Waals surface area contributed by atoms with Gasteiger partial charge in [0.15, 0.2) is 0 Å². The van der Waals surface area contributed by atoms with Crippen molar-refractivity contribution in [2.24, 2.45) is 5.73 Å².